The van der Waals surface area contributed by atoms with Crippen LogP contribution in [0.15, 0.2) is 125 Å². The molecule has 2 unspecified atom stereocenters. The van der Waals surface area contributed by atoms with E-state index in [0.717, 1.165) is 21.2 Å². The number of ether oxygens (including phenoxy) is 5. The van der Waals surface area contributed by atoms with Crippen molar-refractivity contribution in [1.29, 1.82) is 0 Å². The Morgan fingerprint density at radius 2 is 1.07 bits per heavy atom. The third-order valence-corrected chi connectivity index (χ3v) is 9.52. The molecule has 43 heavy (non-hydrogen) atoms. The summed E-state index contributed by atoms with van der Waals surface area (Å²) >= 11 is 3.38. The van der Waals surface area contributed by atoms with E-state index in [0.29, 0.717) is 0 Å². The van der Waals surface area contributed by atoms with Crippen LogP contribution in [0.25, 0.3) is 0 Å². The van der Waals surface area contributed by atoms with Gasteiger partial charge in [0.25, 0.3) is 0 Å². The zero-order valence-corrected chi connectivity index (χ0v) is 26.2. The van der Waals surface area contributed by atoms with Gasteiger partial charge in [-0.1, -0.05) is 107 Å². The second kappa shape index (κ2) is 15.2. The maximum Gasteiger partial charge on any atom is 0.186 e. The lowest BCUT2D eigenvalue weighted by molar-refractivity contribution is -0.313. The number of halogens is 1. The minimum atomic E-state index is -3.77. The van der Waals surface area contributed by atoms with E-state index in [9.17, 15) is 8.42 Å². The highest BCUT2D eigenvalue weighted by molar-refractivity contribution is 9.10. The van der Waals surface area contributed by atoms with E-state index >= 15 is 0 Å². The van der Waals surface area contributed by atoms with Crippen LogP contribution in [0, 0.1) is 0 Å². The molecule has 0 radical (unpaired) electrons. The van der Waals surface area contributed by atoms with E-state index in [4.69, 9.17) is 23.7 Å². The molecule has 0 saturated carbocycles. The predicted molar refractivity (Wildman–Crippen MR) is 167 cm³/mol. The third kappa shape index (κ3) is 8.61. The molecule has 1 saturated heterocycles. The van der Waals surface area contributed by atoms with Crippen molar-refractivity contribution in [1.82, 2.24) is 0 Å². The molecule has 0 aliphatic carbocycles. The summed E-state index contributed by atoms with van der Waals surface area (Å²) in [5.41, 5.74) is 2.88. The lowest BCUT2D eigenvalue weighted by Crippen LogP contribution is -2.62. The smallest absolute Gasteiger partial charge is 0.186 e. The third-order valence-electron chi connectivity index (χ3n) is 7.24. The van der Waals surface area contributed by atoms with E-state index in [1.54, 1.807) is 24.3 Å². The van der Waals surface area contributed by atoms with Crippen LogP contribution in [0.4, 0.5) is 0 Å². The van der Waals surface area contributed by atoms with Gasteiger partial charge in [-0.3, -0.25) is 0 Å². The Kier molecular flexibility index (Phi) is 11.2. The molecule has 226 valence electrons. The molecule has 4 aromatic carbocycles. The molecule has 0 aromatic heterocycles. The standard InChI is InChI=1S/C34H35BrO7S/c1-38-34-33(41-23-27-15-9-4-10-16-27)32(40-22-26-13-7-3-8-14-26)31(39-21-25-11-5-2-6-12-25)30(42-34)24-43(36,37)29-19-17-28(35)18-20-29/h2-20,30-34H,21-24H2,1H3/t30?,31-,32-,33?,34+/m1/s1. The minimum Gasteiger partial charge on any atom is -0.368 e. The molecule has 1 heterocycles. The monoisotopic (exact) mass is 666 g/mol. The summed E-state index contributed by atoms with van der Waals surface area (Å²) in [6, 6.07) is 35.8. The SMILES string of the molecule is CO[C@H]1OC(CS(=O)(=O)c2ccc(Br)cc2)[C@@H](OCc2ccccc2)[C@@H](OCc2ccccc2)C1OCc1ccccc1. The van der Waals surface area contributed by atoms with Crippen molar-refractivity contribution in [2.24, 2.45) is 0 Å². The van der Waals surface area contributed by atoms with Crippen molar-refractivity contribution < 1.29 is 32.1 Å². The molecule has 4 aromatic rings. The van der Waals surface area contributed by atoms with Gasteiger partial charge in [0, 0.05) is 11.6 Å². The van der Waals surface area contributed by atoms with Crippen molar-refractivity contribution in [2.45, 2.75) is 55.4 Å². The zero-order valence-electron chi connectivity index (χ0n) is 23.8. The first-order valence-corrected chi connectivity index (χ1v) is 16.5. The largest absolute Gasteiger partial charge is 0.368 e. The van der Waals surface area contributed by atoms with Gasteiger partial charge in [-0.05, 0) is 41.0 Å². The average Bonchev–Trinajstić information content (AvgIpc) is 3.03. The molecule has 5 atom stereocenters. The first-order chi connectivity index (χ1) is 20.9. The fraction of sp³-hybridized carbons (Fsp3) is 0.294. The van der Waals surface area contributed by atoms with Crippen molar-refractivity contribution in [3.63, 3.8) is 0 Å². The number of rotatable bonds is 13. The predicted octanol–water partition coefficient (Wildman–Crippen LogP) is 6.35. The molecule has 1 aliphatic heterocycles. The Morgan fingerprint density at radius 1 is 0.628 bits per heavy atom. The van der Waals surface area contributed by atoms with Gasteiger partial charge in [0.1, 0.15) is 24.4 Å². The van der Waals surface area contributed by atoms with E-state index < -0.39 is 40.5 Å². The van der Waals surface area contributed by atoms with Gasteiger partial charge in [0.2, 0.25) is 0 Å². The molecule has 1 aliphatic rings. The quantitative estimate of drug-likeness (QED) is 0.165. The van der Waals surface area contributed by atoms with Gasteiger partial charge in [0.15, 0.2) is 16.1 Å². The van der Waals surface area contributed by atoms with Crippen LogP contribution in [0.5, 0.6) is 0 Å². The molecule has 0 amide bonds. The van der Waals surface area contributed by atoms with Gasteiger partial charge in [-0.2, -0.15) is 0 Å². The summed E-state index contributed by atoms with van der Waals surface area (Å²) < 4.78 is 59.7. The van der Waals surface area contributed by atoms with Crippen LogP contribution < -0.4 is 0 Å². The fourth-order valence-electron chi connectivity index (χ4n) is 5.02. The van der Waals surface area contributed by atoms with Gasteiger partial charge in [-0.15, -0.1) is 0 Å². The highest BCUT2D eigenvalue weighted by Crippen LogP contribution is 2.32. The van der Waals surface area contributed by atoms with Crippen LogP contribution in [0.1, 0.15) is 16.7 Å². The Bertz CT molecular complexity index is 1500. The van der Waals surface area contributed by atoms with E-state index in [1.165, 1.54) is 7.11 Å². The van der Waals surface area contributed by atoms with Crippen LogP contribution in [-0.4, -0.2) is 52.0 Å². The molecule has 9 heteroatoms. The average molecular weight is 668 g/mol. The maximum atomic E-state index is 13.6. The second-order valence-electron chi connectivity index (χ2n) is 10.3. The van der Waals surface area contributed by atoms with Gasteiger partial charge >= 0.3 is 0 Å². The zero-order chi connectivity index (χ0) is 30.1. The molecule has 0 bridgehead atoms. The molecular formula is C34H35BrO7S. The molecule has 5 rings (SSSR count). The Hall–Kier alpha value is -2.89. The molecule has 1 fully saturated rings. The topological polar surface area (TPSA) is 80.3 Å². The summed E-state index contributed by atoms with van der Waals surface area (Å²) in [4.78, 5) is 0.194. The van der Waals surface area contributed by atoms with Crippen LogP contribution in [0.3, 0.4) is 0 Å². The molecule has 0 N–H and O–H groups in total. The van der Waals surface area contributed by atoms with Crippen LogP contribution in [-0.2, 0) is 53.3 Å². The summed E-state index contributed by atoms with van der Waals surface area (Å²) in [7, 11) is -2.25. The summed E-state index contributed by atoms with van der Waals surface area (Å²) in [6.07, 6.45) is -4.01. The normalized spacial score (nSPS) is 22.3. The number of benzene rings is 4. The molecule has 0 spiro atoms. The van der Waals surface area contributed by atoms with E-state index in [-0.39, 0.29) is 30.5 Å². The number of sulfone groups is 1. The molecule has 7 nitrogen and oxygen atoms in total. The van der Waals surface area contributed by atoms with Crippen molar-refractivity contribution in [3.05, 3.63) is 136 Å². The Balaban J connectivity index is 1.47. The number of hydrogen-bond donors (Lipinski definition) is 0. The van der Waals surface area contributed by atoms with Gasteiger partial charge in [0.05, 0.1) is 30.5 Å². The van der Waals surface area contributed by atoms with E-state index in [2.05, 4.69) is 15.9 Å². The second-order valence-corrected chi connectivity index (χ2v) is 13.2. The molecular weight excluding hydrogens is 632 g/mol. The summed E-state index contributed by atoms with van der Waals surface area (Å²) in [5, 5.41) is 0. The Labute approximate surface area is 261 Å². The van der Waals surface area contributed by atoms with Crippen LogP contribution >= 0.6 is 15.9 Å². The fourth-order valence-corrected chi connectivity index (χ4v) is 6.73. The first kappa shape index (κ1) is 31.5. The summed E-state index contributed by atoms with van der Waals surface area (Å²) in [5.74, 6) is -0.329. The maximum absolute atomic E-state index is 13.6. The van der Waals surface area contributed by atoms with E-state index in [1.807, 2.05) is 91.0 Å². The van der Waals surface area contributed by atoms with Crippen molar-refractivity contribution >= 4 is 25.8 Å². The number of methoxy groups -OCH3 is 1. The minimum absolute atomic E-state index is 0.194. The highest BCUT2D eigenvalue weighted by atomic mass is 79.9. The van der Waals surface area contributed by atoms with Gasteiger partial charge in [-0.25, -0.2) is 8.42 Å². The summed E-state index contributed by atoms with van der Waals surface area (Å²) in [6.45, 7) is 0.787. The first-order valence-electron chi connectivity index (χ1n) is 14.1. The highest BCUT2D eigenvalue weighted by Gasteiger charge is 2.50. The Morgan fingerprint density at radius 3 is 1.53 bits per heavy atom. The number of hydrogen-bond acceptors (Lipinski definition) is 7. The lowest BCUT2D eigenvalue weighted by Gasteiger charge is -2.45. The van der Waals surface area contributed by atoms with Crippen molar-refractivity contribution in [2.75, 3.05) is 12.9 Å². The van der Waals surface area contributed by atoms with Gasteiger partial charge < -0.3 is 23.7 Å². The van der Waals surface area contributed by atoms with Crippen molar-refractivity contribution in [3.8, 4) is 0 Å². The lowest BCUT2D eigenvalue weighted by atomic mass is 9.98. The van der Waals surface area contributed by atoms with Crippen LogP contribution in [0.2, 0.25) is 0 Å².